The van der Waals surface area contributed by atoms with Gasteiger partial charge in [-0.2, -0.15) is 0 Å². The minimum atomic E-state index is 0.623. The summed E-state index contributed by atoms with van der Waals surface area (Å²) in [5.41, 5.74) is 3.16. The molecule has 0 radical (unpaired) electrons. The first-order valence-electron chi connectivity index (χ1n) is 7.28. The summed E-state index contributed by atoms with van der Waals surface area (Å²) in [6.45, 7) is 2.83. The summed E-state index contributed by atoms with van der Waals surface area (Å²) >= 11 is 0. The first-order chi connectivity index (χ1) is 10.2. The van der Waals surface area contributed by atoms with Crippen LogP contribution in [0.2, 0.25) is 0 Å². The molecule has 3 rings (SSSR count). The van der Waals surface area contributed by atoms with Gasteiger partial charge in [0.15, 0.2) is 0 Å². The van der Waals surface area contributed by atoms with Gasteiger partial charge in [0.25, 0.3) is 0 Å². The SMILES string of the molecule is COc1ccc(Cc2nc(C)cc(CNC3CC3)n2)cn1. The molecule has 1 aliphatic rings. The fraction of sp³-hybridized carbons (Fsp3) is 0.438. The average molecular weight is 284 g/mol. The van der Waals surface area contributed by atoms with Crippen LogP contribution in [0, 0.1) is 6.92 Å². The van der Waals surface area contributed by atoms with Crippen LogP contribution in [0.25, 0.3) is 0 Å². The van der Waals surface area contributed by atoms with Crippen LogP contribution in [0.15, 0.2) is 24.4 Å². The van der Waals surface area contributed by atoms with E-state index in [0.717, 1.165) is 29.3 Å². The van der Waals surface area contributed by atoms with Crippen LogP contribution in [-0.4, -0.2) is 28.1 Å². The zero-order chi connectivity index (χ0) is 14.7. The highest BCUT2D eigenvalue weighted by Gasteiger charge is 2.20. The van der Waals surface area contributed by atoms with Crippen LogP contribution in [0.5, 0.6) is 5.88 Å². The molecular formula is C16H20N4O. The minimum Gasteiger partial charge on any atom is -0.481 e. The lowest BCUT2D eigenvalue weighted by Crippen LogP contribution is -2.17. The molecule has 5 heteroatoms. The molecule has 5 nitrogen and oxygen atoms in total. The molecule has 0 unspecified atom stereocenters. The predicted octanol–water partition coefficient (Wildman–Crippen LogP) is 2.03. The number of nitrogens with zero attached hydrogens (tertiary/aromatic N) is 3. The number of rotatable bonds is 6. The van der Waals surface area contributed by atoms with Gasteiger partial charge in [0.1, 0.15) is 5.82 Å². The van der Waals surface area contributed by atoms with Gasteiger partial charge in [0, 0.05) is 37.0 Å². The van der Waals surface area contributed by atoms with E-state index in [1.54, 1.807) is 7.11 Å². The maximum atomic E-state index is 5.07. The molecule has 0 spiro atoms. The van der Waals surface area contributed by atoms with Crippen molar-refractivity contribution in [3.8, 4) is 5.88 Å². The smallest absolute Gasteiger partial charge is 0.212 e. The summed E-state index contributed by atoms with van der Waals surface area (Å²) < 4.78 is 5.07. The van der Waals surface area contributed by atoms with E-state index >= 15 is 0 Å². The largest absolute Gasteiger partial charge is 0.481 e. The van der Waals surface area contributed by atoms with E-state index in [0.29, 0.717) is 18.3 Å². The third-order valence-electron chi connectivity index (χ3n) is 3.47. The van der Waals surface area contributed by atoms with Crippen molar-refractivity contribution in [3.05, 3.63) is 47.2 Å². The van der Waals surface area contributed by atoms with Crippen molar-refractivity contribution in [2.24, 2.45) is 0 Å². The number of hydrogen-bond acceptors (Lipinski definition) is 5. The molecule has 0 aromatic carbocycles. The summed E-state index contributed by atoms with van der Waals surface area (Å²) in [7, 11) is 1.62. The van der Waals surface area contributed by atoms with E-state index in [4.69, 9.17) is 4.74 Å². The molecular weight excluding hydrogens is 264 g/mol. The highest BCUT2D eigenvalue weighted by molar-refractivity contribution is 5.22. The van der Waals surface area contributed by atoms with Gasteiger partial charge >= 0.3 is 0 Å². The first kappa shape index (κ1) is 13.9. The molecule has 0 atom stereocenters. The Kier molecular flexibility index (Phi) is 4.10. The average Bonchev–Trinajstić information content (AvgIpc) is 3.30. The second-order valence-electron chi connectivity index (χ2n) is 5.46. The summed E-state index contributed by atoms with van der Waals surface area (Å²) in [4.78, 5) is 13.4. The Morgan fingerprint density at radius 1 is 1.29 bits per heavy atom. The molecule has 1 saturated carbocycles. The molecule has 2 aromatic rings. The van der Waals surface area contributed by atoms with E-state index in [1.165, 1.54) is 12.8 Å². The Morgan fingerprint density at radius 2 is 2.14 bits per heavy atom. The number of hydrogen-bond donors (Lipinski definition) is 1. The zero-order valence-electron chi connectivity index (χ0n) is 12.5. The Morgan fingerprint density at radius 3 is 2.81 bits per heavy atom. The number of methoxy groups -OCH3 is 1. The second-order valence-corrected chi connectivity index (χ2v) is 5.46. The van der Waals surface area contributed by atoms with Gasteiger partial charge in [0.05, 0.1) is 12.8 Å². The number of pyridine rings is 1. The van der Waals surface area contributed by atoms with Crippen LogP contribution in [-0.2, 0) is 13.0 Å². The van der Waals surface area contributed by atoms with Crippen molar-refractivity contribution in [2.45, 2.75) is 38.8 Å². The topological polar surface area (TPSA) is 59.9 Å². The fourth-order valence-electron chi connectivity index (χ4n) is 2.22. The van der Waals surface area contributed by atoms with Crippen molar-refractivity contribution in [2.75, 3.05) is 7.11 Å². The lowest BCUT2D eigenvalue weighted by atomic mass is 10.2. The van der Waals surface area contributed by atoms with Gasteiger partial charge in [-0.05, 0) is 31.4 Å². The number of ether oxygens (including phenoxy) is 1. The molecule has 0 bridgehead atoms. The molecule has 110 valence electrons. The molecule has 1 N–H and O–H groups in total. The van der Waals surface area contributed by atoms with Gasteiger partial charge in [-0.1, -0.05) is 6.07 Å². The minimum absolute atomic E-state index is 0.623. The molecule has 2 aromatic heterocycles. The van der Waals surface area contributed by atoms with Crippen molar-refractivity contribution >= 4 is 0 Å². The maximum absolute atomic E-state index is 5.07. The highest BCUT2D eigenvalue weighted by atomic mass is 16.5. The van der Waals surface area contributed by atoms with E-state index in [2.05, 4.69) is 20.3 Å². The lowest BCUT2D eigenvalue weighted by Gasteiger charge is -2.07. The summed E-state index contributed by atoms with van der Waals surface area (Å²) in [6, 6.07) is 6.60. The van der Waals surface area contributed by atoms with Crippen molar-refractivity contribution in [3.63, 3.8) is 0 Å². The van der Waals surface area contributed by atoms with E-state index in [1.807, 2.05) is 31.3 Å². The van der Waals surface area contributed by atoms with Crippen molar-refractivity contribution in [1.82, 2.24) is 20.3 Å². The third kappa shape index (κ3) is 3.98. The standard InChI is InChI=1S/C16H20N4O/c1-11-7-14(10-17-13-4-5-13)20-15(19-11)8-12-3-6-16(21-2)18-9-12/h3,6-7,9,13,17H,4-5,8,10H2,1-2H3. The van der Waals surface area contributed by atoms with Gasteiger partial charge < -0.3 is 10.1 Å². The van der Waals surface area contributed by atoms with E-state index in [9.17, 15) is 0 Å². The highest BCUT2D eigenvalue weighted by Crippen LogP contribution is 2.19. The summed E-state index contributed by atoms with van der Waals surface area (Å²) in [6.07, 6.45) is 5.07. The van der Waals surface area contributed by atoms with Crippen molar-refractivity contribution in [1.29, 1.82) is 0 Å². The van der Waals surface area contributed by atoms with Crippen molar-refractivity contribution < 1.29 is 4.74 Å². The molecule has 0 saturated heterocycles. The van der Waals surface area contributed by atoms with Crippen LogP contribution < -0.4 is 10.1 Å². The van der Waals surface area contributed by atoms with Gasteiger partial charge in [-0.25, -0.2) is 15.0 Å². The lowest BCUT2D eigenvalue weighted by molar-refractivity contribution is 0.397. The Bertz CT molecular complexity index is 608. The number of aromatic nitrogens is 3. The summed E-state index contributed by atoms with van der Waals surface area (Å²) in [5, 5.41) is 3.49. The normalized spacial score (nSPS) is 14.2. The molecule has 2 heterocycles. The second kappa shape index (κ2) is 6.18. The van der Waals surface area contributed by atoms with Crippen LogP contribution in [0.1, 0.15) is 35.6 Å². The monoisotopic (exact) mass is 284 g/mol. The van der Waals surface area contributed by atoms with Gasteiger partial charge in [-0.15, -0.1) is 0 Å². The third-order valence-corrected chi connectivity index (χ3v) is 3.47. The fourth-order valence-corrected chi connectivity index (χ4v) is 2.22. The number of nitrogens with one attached hydrogen (secondary N) is 1. The van der Waals surface area contributed by atoms with Crippen LogP contribution in [0.3, 0.4) is 0 Å². The molecule has 0 amide bonds. The Balaban J connectivity index is 1.70. The molecule has 0 aliphatic heterocycles. The first-order valence-corrected chi connectivity index (χ1v) is 7.28. The Hall–Kier alpha value is -2.01. The predicted molar refractivity (Wildman–Crippen MR) is 80.2 cm³/mol. The van der Waals surface area contributed by atoms with Gasteiger partial charge in [0.2, 0.25) is 5.88 Å². The van der Waals surface area contributed by atoms with Crippen LogP contribution >= 0.6 is 0 Å². The molecule has 1 aliphatic carbocycles. The molecule has 21 heavy (non-hydrogen) atoms. The number of aryl methyl sites for hydroxylation is 1. The summed E-state index contributed by atoms with van der Waals surface area (Å²) in [5.74, 6) is 1.47. The van der Waals surface area contributed by atoms with Crippen LogP contribution in [0.4, 0.5) is 0 Å². The van der Waals surface area contributed by atoms with E-state index in [-0.39, 0.29) is 0 Å². The Labute approximate surface area is 124 Å². The van der Waals surface area contributed by atoms with E-state index < -0.39 is 0 Å². The zero-order valence-corrected chi connectivity index (χ0v) is 12.5. The maximum Gasteiger partial charge on any atom is 0.212 e. The molecule has 1 fully saturated rings. The quantitative estimate of drug-likeness (QED) is 0.879. The van der Waals surface area contributed by atoms with Gasteiger partial charge in [-0.3, -0.25) is 0 Å².